The highest BCUT2D eigenvalue weighted by atomic mass is 15.3. The van der Waals surface area contributed by atoms with E-state index in [0.717, 1.165) is 12.0 Å². The third-order valence-electron chi connectivity index (χ3n) is 4.52. The van der Waals surface area contributed by atoms with Crippen LogP contribution in [0.2, 0.25) is 0 Å². The van der Waals surface area contributed by atoms with Gasteiger partial charge in [-0.3, -0.25) is 4.90 Å². The Balaban J connectivity index is 1.66. The summed E-state index contributed by atoms with van der Waals surface area (Å²) in [5.74, 6) is 0.853. The third kappa shape index (κ3) is 4.26. The summed E-state index contributed by atoms with van der Waals surface area (Å²) in [4.78, 5) is 5.43. The van der Waals surface area contributed by atoms with Crippen LogP contribution >= 0.6 is 0 Å². The highest BCUT2D eigenvalue weighted by Crippen LogP contribution is 2.23. The van der Waals surface area contributed by atoms with Gasteiger partial charge in [-0.1, -0.05) is 33.1 Å². The van der Waals surface area contributed by atoms with Crippen LogP contribution < -0.4 is 0 Å². The minimum atomic E-state index is 0.853. The lowest BCUT2D eigenvalue weighted by Crippen LogP contribution is -2.50. The van der Waals surface area contributed by atoms with E-state index in [1.807, 2.05) is 0 Å². The van der Waals surface area contributed by atoms with Gasteiger partial charge in [0.05, 0.1) is 0 Å². The van der Waals surface area contributed by atoms with Crippen LogP contribution in [0.5, 0.6) is 0 Å². The smallest absolute Gasteiger partial charge is 0.0113 e. The van der Waals surface area contributed by atoms with E-state index in [0.29, 0.717) is 0 Å². The first-order valence-corrected chi connectivity index (χ1v) is 7.72. The fraction of sp³-hybridized carbons (Fsp3) is 1.00. The molecular formula is C15H30N2. The van der Waals surface area contributed by atoms with Gasteiger partial charge in [-0.05, 0) is 31.7 Å². The van der Waals surface area contributed by atoms with Crippen LogP contribution in [0.3, 0.4) is 0 Å². The second kappa shape index (κ2) is 6.75. The van der Waals surface area contributed by atoms with Crippen LogP contribution in [0.4, 0.5) is 0 Å². The first-order valence-electron chi connectivity index (χ1n) is 7.72. The van der Waals surface area contributed by atoms with Crippen LogP contribution in [-0.2, 0) is 0 Å². The third-order valence-corrected chi connectivity index (χ3v) is 4.52. The number of hydrogen-bond acceptors (Lipinski definition) is 2. The van der Waals surface area contributed by atoms with Gasteiger partial charge in [-0.25, -0.2) is 0 Å². The van der Waals surface area contributed by atoms with Crippen molar-refractivity contribution in [3.63, 3.8) is 0 Å². The Morgan fingerprint density at radius 3 is 2.18 bits per heavy atom. The Labute approximate surface area is 107 Å². The molecule has 0 unspecified atom stereocenters. The second-order valence-corrected chi connectivity index (χ2v) is 6.35. The van der Waals surface area contributed by atoms with Gasteiger partial charge in [0.1, 0.15) is 0 Å². The molecule has 1 saturated carbocycles. The van der Waals surface area contributed by atoms with E-state index in [9.17, 15) is 0 Å². The molecule has 1 aliphatic heterocycles. The van der Waals surface area contributed by atoms with E-state index in [1.165, 1.54) is 71.2 Å². The van der Waals surface area contributed by atoms with E-state index in [1.54, 1.807) is 0 Å². The molecule has 17 heavy (non-hydrogen) atoms. The van der Waals surface area contributed by atoms with E-state index in [-0.39, 0.29) is 0 Å². The number of nitrogens with zero attached hydrogens (tertiary/aromatic N) is 2. The summed E-state index contributed by atoms with van der Waals surface area (Å²) in [7, 11) is 0. The van der Waals surface area contributed by atoms with Gasteiger partial charge in [0, 0.05) is 32.2 Å². The predicted molar refractivity (Wildman–Crippen MR) is 74.3 cm³/mol. The molecule has 0 N–H and O–H groups in total. The summed E-state index contributed by atoms with van der Waals surface area (Å²) in [6.45, 7) is 11.2. The summed E-state index contributed by atoms with van der Waals surface area (Å²) in [5, 5.41) is 0. The monoisotopic (exact) mass is 238 g/mol. The lowest BCUT2D eigenvalue weighted by Gasteiger charge is -2.41. The zero-order valence-electron chi connectivity index (χ0n) is 11.8. The largest absolute Gasteiger partial charge is 0.301 e. The molecule has 0 amide bonds. The topological polar surface area (TPSA) is 6.48 Å². The quantitative estimate of drug-likeness (QED) is 0.743. The number of piperazine rings is 1. The van der Waals surface area contributed by atoms with Crippen molar-refractivity contribution in [1.82, 2.24) is 9.80 Å². The van der Waals surface area contributed by atoms with Crippen molar-refractivity contribution in [1.29, 1.82) is 0 Å². The SMILES string of the molecule is CC(C)CCN1CCN(C2CCCCC2)CC1. The Kier molecular flexibility index (Phi) is 5.30. The first-order chi connectivity index (χ1) is 8.25. The van der Waals surface area contributed by atoms with Crippen LogP contribution in [-0.4, -0.2) is 48.6 Å². The second-order valence-electron chi connectivity index (χ2n) is 6.35. The van der Waals surface area contributed by atoms with Crippen molar-refractivity contribution in [2.24, 2.45) is 5.92 Å². The minimum Gasteiger partial charge on any atom is -0.301 e. The number of hydrogen-bond donors (Lipinski definition) is 0. The van der Waals surface area contributed by atoms with Gasteiger partial charge in [-0.15, -0.1) is 0 Å². The molecule has 0 spiro atoms. The molecule has 2 nitrogen and oxygen atoms in total. The van der Waals surface area contributed by atoms with E-state index in [2.05, 4.69) is 23.6 Å². The first kappa shape index (κ1) is 13.4. The maximum atomic E-state index is 2.77. The van der Waals surface area contributed by atoms with Crippen LogP contribution in [0.25, 0.3) is 0 Å². The molecule has 1 heterocycles. The van der Waals surface area contributed by atoms with Crippen molar-refractivity contribution in [3.05, 3.63) is 0 Å². The Bertz CT molecular complexity index is 201. The Hall–Kier alpha value is -0.0800. The van der Waals surface area contributed by atoms with Crippen molar-refractivity contribution >= 4 is 0 Å². The molecule has 100 valence electrons. The number of rotatable bonds is 4. The molecule has 2 rings (SSSR count). The van der Waals surface area contributed by atoms with Gasteiger partial charge < -0.3 is 4.90 Å². The average molecular weight is 238 g/mol. The zero-order chi connectivity index (χ0) is 12.1. The van der Waals surface area contributed by atoms with Gasteiger partial charge in [0.15, 0.2) is 0 Å². The molecule has 0 aromatic carbocycles. The highest BCUT2D eigenvalue weighted by molar-refractivity contribution is 4.80. The molecule has 2 heteroatoms. The van der Waals surface area contributed by atoms with Gasteiger partial charge in [0.25, 0.3) is 0 Å². The van der Waals surface area contributed by atoms with Crippen LogP contribution in [0.1, 0.15) is 52.4 Å². The molecule has 0 aromatic heterocycles. The maximum Gasteiger partial charge on any atom is 0.0113 e. The van der Waals surface area contributed by atoms with Crippen LogP contribution in [0.15, 0.2) is 0 Å². The van der Waals surface area contributed by atoms with Gasteiger partial charge in [0.2, 0.25) is 0 Å². The molecule has 0 bridgehead atoms. The van der Waals surface area contributed by atoms with Crippen LogP contribution in [0, 0.1) is 5.92 Å². The minimum absolute atomic E-state index is 0.853. The molecule has 1 saturated heterocycles. The van der Waals surface area contributed by atoms with Gasteiger partial charge >= 0.3 is 0 Å². The molecule has 2 fully saturated rings. The summed E-state index contributed by atoms with van der Waals surface area (Å²) in [6.07, 6.45) is 8.71. The van der Waals surface area contributed by atoms with Crippen molar-refractivity contribution in [2.75, 3.05) is 32.7 Å². The summed E-state index contributed by atoms with van der Waals surface area (Å²) < 4.78 is 0. The zero-order valence-corrected chi connectivity index (χ0v) is 11.8. The lowest BCUT2D eigenvalue weighted by atomic mass is 9.94. The molecule has 0 aromatic rings. The van der Waals surface area contributed by atoms with Crippen molar-refractivity contribution in [3.8, 4) is 0 Å². The van der Waals surface area contributed by atoms with Crippen molar-refractivity contribution in [2.45, 2.75) is 58.4 Å². The normalized spacial score (nSPS) is 25.6. The Morgan fingerprint density at radius 1 is 0.941 bits per heavy atom. The summed E-state index contributed by atoms with van der Waals surface area (Å²) >= 11 is 0. The molecule has 2 aliphatic rings. The molecule has 0 atom stereocenters. The molecule has 1 aliphatic carbocycles. The van der Waals surface area contributed by atoms with E-state index in [4.69, 9.17) is 0 Å². The predicted octanol–water partition coefficient (Wildman–Crippen LogP) is 2.98. The highest BCUT2D eigenvalue weighted by Gasteiger charge is 2.24. The van der Waals surface area contributed by atoms with E-state index >= 15 is 0 Å². The maximum absolute atomic E-state index is 2.77. The fourth-order valence-corrected chi connectivity index (χ4v) is 3.24. The fourth-order valence-electron chi connectivity index (χ4n) is 3.24. The lowest BCUT2D eigenvalue weighted by molar-refractivity contribution is 0.0768. The molecule has 0 radical (unpaired) electrons. The average Bonchev–Trinajstić information content (AvgIpc) is 2.38. The summed E-state index contributed by atoms with van der Waals surface area (Å²) in [6, 6.07) is 0.927. The molecular weight excluding hydrogens is 208 g/mol. The van der Waals surface area contributed by atoms with E-state index < -0.39 is 0 Å². The Morgan fingerprint density at radius 2 is 1.59 bits per heavy atom. The summed E-state index contributed by atoms with van der Waals surface area (Å²) in [5.41, 5.74) is 0. The van der Waals surface area contributed by atoms with Gasteiger partial charge in [-0.2, -0.15) is 0 Å². The van der Waals surface area contributed by atoms with Crippen molar-refractivity contribution < 1.29 is 0 Å². The standard InChI is InChI=1S/C15H30N2/c1-14(2)8-9-16-10-12-17(13-11-16)15-6-4-3-5-7-15/h14-15H,3-13H2,1-2H3.